The van der Waals surface area contributed by atoms with Crippen molar-refractivity contribution in [1.82, 2.24) is 5.06 Å². The molecule has 0 aliphatic rings. The molecule has 3 heteroatoms. The summed E-state index contributed by atoms with van der Waals surface area (Å²) >= 11 is 0. The van der Waals surface area contributed by atoms with Gasteiger partial charge in [-0.2, -0.15) is 0 Å². The maximum Gasteiger partial charge on any atom is 0.325 e. The van der Waals surface area contributed by atoms with Crippen LogP contribution in [0.1, 0.15) is 136 Å². The van der Waals surface area contributed by atoms with E-state index in [0.29, 0.717) is 6.42 Å². The summed E-state index contributed by atoms with van der Waals surface area (Å²) in [5.41, 5.74) is 0. The standard InChI is InChI=1S/C24H49NO2/c1-4-6-8-9-10-11-12-13-14-15-16-17-18-19-21-23-25(3)27-24(26)22-20-7-5-2/h4-23H2,1-3H3. The van der Waals surface area contributed by atoms with Crippen LogP contribution in [-0.2, 0) is 9.63 Å². The number of hydrogen-bond donors (Lipinski definition) is 0. The molecular weight excluding hydrogens is 334 g/mol. The Balaban J connectivity index is 3.20. The van der Waals surface area contributed by atoms with Crippen LogP contribution in [0.25, 0.3) is 0 Å². The fourth-order valence-electron chi connectivity index (χ4n) is 3.49. The van der Waals surface area contributed by atoms with Gasteiger partial charge in [-0.25, -0.2) is 0 Å². The molecule has 0 saturated carbocycles. The summed E-state index contributed by atoms with van der Waals surface area (Å²) < 4.78 is 0. The molecule has 0 aromatic heterocycles. The Kier molecular flexibility index (Phi) is 21.3. The van der Waals surface area contributed by atoms with Crippen LogP contribution in [0.3, 0.4) is 0 Å². The topological polar surface area (TPSA) is 29.5 Å². The minimum Gasteiger partial charge on any atom is -0.368 e. The second-order valence-corrected chi connectivity index (χ2v) is 8.22. The highest BCUT2D eigenvalue weighted by Gasteiger charge is 2.06. The van der Waals surface area contributed by atoms with Crippen LogP contribution in [0, 0.1) is 0 Å². The number of carbonyl (C=O) groups is 1. The van der Waals surface area contributed by atoms with Gasteiger partial charge in [0.25, 0.3) is 0 Å². The van der Waals surface area contributed by atoms with Gasteiger partial charge in [-0.1, -0.05) is 117 Å². The lowest BCUT2D eigenvalue weighted by atomic mass is 10.0. The second-order valence-electron chi connectivity index (χ2n) is 8.22. The van der Waals surface area contributed by atoms with Crippen molar-refractivity contribution in [3.8, 4) is 0 Å². The molecule has 0 aliphatic carbocycles. The molecule has 0 aromatic carbocycles. The minimum absolute atomic E-state index is 0.0769. The Bertz CT molecular complexity index is 307. The maximum absolute atomic E-state index is 11.6. The Labute approximate surface area is 170 Å². The Morgan fingerprint density at radius 1 is 0.593 bits per heavy atom. The van der Waals surface area contributed by atoms with Crippen molar-refractivity contribution in [2.75, 3.05) is 13.6 Å². The molecule has 0 N–H and O–H groups in total. The fraction of sp³-hybridized carbons (Fsp3) is 0.958. The Morgan fingerprint density at radius 2 is 0.963 bits per heavy atom. The molecule has 0 fully saturated rings. The average Bonchev–Trinajstić information content (AvgIpc) is 2.65. The number of hydrogen-bond acceptors (Lipinski definition) is 3. The lowest BCUT2D eigenvalue weighted by Crippen LogP contribution is -2.24. The zero-order chi connectivity index (χ0) is 20.0. The quantitative estimate of drug-likeness (QED) is 0.149. The van der Waals surface area contributed by atoms with E-state index in [2.05, 4.69) is 13.8 Å². The minimum atomic E-state index is -0.0769. The van der Waals surface area contributed by atoms with Crippen molar-refractivity contribution in [1.29, 1.82) is 0 Å². The van der Waals surface area contributed by atoms with Gasteiger partial charge in [0.1, 0.15) is 0 Å². The molecule has 0 saturated heterocycles. The largest absolute Gasteiger partial charge is 0.368 e. The third-order valence-corrected chi connectivity index (χ3v) is 5.32. The number of hydroxylamine groups is 2. The van der Waals surface area contributed by atoms with Crippen LogP contribution in [0.2, 0.25) is 0 Å². The molecular formula is C24H49NO2. The molecule has 27 heavy (non-hydrogen) atoms. The Morgan fingerprint density at radius 3 is 1.41 bits per heavy atom. The predicted molar refractivity (Wildman–Crippen MR) is 118 cm³/mol. The van der Waals surface area contributed by atoms with Crippen molar-refractivity contribution in [2.45, 2.75) is 136 Å². The van der Waals surface area contributed by atoms with Crippen LogP contribution in [0.5, 0.6) is 0 Å². The number of carbonyl (C=O) groups excluding carboxylic acids is 1. The molecule has 0 aromatic rings. The van der Waals surface area contributed by atoms with Gasteiger partial charge in [0.15, 0.2) is 0 Å². The summed E-state index contributed by atoms with van der Waals surface area (Å²) in [4.78, 5) is 16.9. The predicted octanol–water partition coefficient (Wildman–Crippen LogP) is 7.83. The van der Waals surface area contributed by atoms with Crippen molar-refractivity contribution in [2.24, 2.45) is 0 Å². The fourth-order valence-corrected chi connectivity index (χ4v) is 3.49. The average molecular weight is 384 g/mol. The van der Waals surface area contributed by atoms with Gasteiger partial charge in [-0.3, -0.25) is 4.79 Å². The van der Waals surface area contributed by atoms with Gasteiger partial charge < -0.3 is 4.84 Å². The van der Waals surface area contributed by atoms with E-state index in [1.54, 1.807) is 5.06 Å². The van der Waals surface area contributed by atoms with E-state index >= 15 is 0 Å². The number of nitrogens with zero attached hydrogens (tertiary/aromatic N) is 1. The van der Waals surface area contributed by atoms with Crippen LogP contribution >= 0.6 is 0 Å². The lowest BCUT2D eigenvalue weighted by molar-refractivity contribution is -0.184. The smallest absolute Gasteiger partial charge is 0.325 e. The first-order valence-corrected chi connectivity index (χ1v) is 12.1. The van der Waals surface area contributed by atoms with Gasteiger partial charge >= 0.3 is 5.97 Å². The molecule has 0 unspecified atom stereocenters. The van der Waals surface area contributed by atoms with Crippen molar-refractivity contribution < 1.29 is 9.63 Å². The molecule has 0 aliphatic heterocycles. The van der Waals surface area contributed by atoms with Gasteiger partial charge in [0, 0.05) is 20.0 Å². The molecule has 0 spiro atoms. The van der Waals surface area contributed by atoms with E-state index in [1.165, 1.54) is 89.9 Å². The zero-order valence-corrected chi connectivity index (χ0v) is 18.9. The second kappa shape index (κ2) is 21.7. The van der Waals surface area contributed by atoms with E-state index < -0.39 is 0 Å². The SMILES string of the molecule is CCCCCCCCCCCCCCCCCN(C)OC(=O)CCCCC. The van der Waals surface area contributed by atoms with E-state index in [9.17, 15) is 4.79 Å². The molecule has 0 rings (SSSR count). The van der Waals surface area contributed by atoms with E-state index in [1.807, 2.05) is 7.05 Å². The maximum atomic E-state index is 11.6. The molecule has 162 valence electrons. The van der Waals surface area contributed by atoms with Crippen LogP contribution in [0.15, 0.2) is 0 Å². The van der Waals surface area contributed by atoms with Gasteiger partial charge in [0.2, 0.25) is 0 Å². The van der Waals surface area contributed by atoms with E-state index in [0.717, 1.165) is 32.2 Å². The van der Waals surface area contributed by atoms with Crippen molar-refractivity contribution in [3.05, 3.63) is 0 Å². The summed E-state index contributed by atoms with van der Waals surface area (Å²) in [5, 5.41) is 1.72. The summed E-state index contributed by atoms with van der Waals surface area (Å²) in [6, 6.07) is 0. The van der Waals surface area contributed by atoms with Crippen LogP contribution < -0.4 is 0 Å². The van der Waals surface area contributed by atoms with Crippen molar-refractivity contribution >= 4 is 5.97 Å². The highest BCUT2D eigenvalue weighted by atomic mass is 16.7. The molecule has 0 atom stereocenters. The highest BCUT2D eigenvalue weighted by molar-refractivity contribution is 5.68. The number of unbranched alkanes of at least 4 members (excludes halogenated alkanes) is 16. The van der Waals surface area contributed by atoms with E-state index in [-0.39, 0.29) is 5.97 Å². The monoisotopic (exact) mass is 383 g/mol. The van der Waals surface area contributed by atoms with Gasteiger partial charge in [-0.15, -0.1) is 5.06 Å². The third-order valence-electron chi connectivity index (χ3n) is 5.32. The number of rotatable bonds is 21. The highest BCUT2D eigenvalue weighted by Crippen LogP contribution is 2.13. The summed E-state index contributed by atoms with van der Waals surface area (Å²) in [6.45, 7) is 5.29. The zero-order valence-electron chi connectivity index (χ0n) is 18.9. The van der Waals surface area contributed by atoms with Crippen molar-refractivity contribution in [3.63, 3.8) is 0 Å². The normalized spacial score (nSPS) is 11.3. The Hall–Kier alpha value is -0.570. The molecule has 0 radical (unpaired) electrons. The molecule has 0 amide bonds. The lowest BCUT2D eigenvalue weighted by Gasteiger charge is -2.15. The first-order valence-electron chi connectivity index (χ1n) is 12.1. The summed E-state index contributed by atoms with van der Waals surface area (Å²) in [7, 11) is 1.88. The third kappa shape index (κ3) is 21.6. The summed E-state index contributed by atoms with van der Waals surface area (Å²) in [5.74, 6) is -0.0769. The van der Waals surface area contributed by atoms with Gasteiger partial charge in [0.05, 0.1) is 0 Å². The summed E-state index contributed by atoms with van der Waals surface area (Å²) in [6.07, 6.45) is 24.4. The van der Waals surface area contributed by atoms with E-state index in [4.69, 9.17) is 4.84 Å². The molecule has 0 heterocycles. The molecule has 3 nitrogen and oxygen atoms in total. The first-order chi connectivity index (χ1) is 13.2. The van der Waals surface area contributed by atoms with Crippen LogP contribution in [-0.4, -0.2) is 24.6 Å². The van der Waals surface area contributed by atoms with Crippen LogP contribution in [0.4, 0.5) is 0 Å². The van der Waals surface area contributed by atoms with Gasteiger partial charge in [-0.05, 0) is 12.8 Å². The molecule has 0 bridgehead atoms. The first kappa shape index (κ1) is 26.4.